The van der Waals surface area contributed by atoms with E-state index in [-0.39, 0.29) is 0 Å². The van der Waals surface area contributed by atoms with Crippen LogP contribution in [0.25, 0.3) is 0 Å². The van der Waals surface area contributed by atoms with Gasteiger partial charge in [0.15, 0.2) is 0 Å². The Labute approximate surface area is 148 Å². The summed E-state index contributed by atoms with van der Waals surface area (Å²) >= 11 is 0. The van der Waals surface area contributed by atoms with Crippen molar-refractivity contribution in [2.75, 3.05) is 29.6 Å². The minimum absolute atomic E-state index is 0.602. The standard InChI is InChI=1S/C20H23N5/c1-15-9-11-17(12-10-15)22-18-13-19(25(2)3)24-20(23-18)21-14-16-7-5-4-6-8-16/h4-13H,14H2,1-3H3,(H2,21,22,23,24). The number of aryl methyl sites for hydroxylation is 1. The maximum absolute atomic E-state index is 4.59. The number of nitrogens with zero attached hydrogens (tertiary/aromatic N) is 3. The molecule has 1 aromatic heterocycles. The van der Waals surface area contributed by atoms with Crippen molar-refractivity contribution in [3.63, 3.8) is 0 Å². The summed E-state index contributed by atoms with van der Waals surface area (Å²) < 4.78 is 0. The van der Waals surface area contributed by atoms with E-state index in [0.29, 0.717) is 12.5 Å². The minimum Gasteiger partial charge on any atom is -0.363 e. The number of anilines is 4. The summed E-state index contributed by atoms with van der Waals surface area (Å²) in [6.45, 7) is 2.76. The van der Waals surface area contributed by atoms with E-state index in [4.69, 9.17) is 0 Å². The fourth-order valence-electron chi connectivity index (χ4n) is 2.37. The van der Waals surface area contributed by atoms with E-state index in [1.807, 2.05) is 55.4 Å². The van der Waals surface area contributed by atoms with Crippen molar-refractivity contribution in [3.8, 4) is 0 Å². The molecule has 0 aliphatic carbocycles. The molecule has 2 aromatic carbocycles. The highest BCUT2D eigenvalue weighted by Crippen LogP contribution is 2.21. The molecule has 0 atom stereocenters. The molecule has 0 fully saturated rings. The van der Waals surface area contributed by atoms with Gasteiger partial charge in [0.1, 0.15) is 11.6 Å². The maximum atomic E-state index is 4.59. The van der Waals surface area contributed by atoms with E-state index in [0.717, 1.165) is 17.3 Å². The zero-order chi connectivity index (χ0) is 17.6. The lowest BCUT2D eigenvalue weighted by Crippen LogP contribution is -2.14. The summed E-state index contributed by atoms with van der Waals surface area (Å²) in [6.07, 6.45) is 0. The van der Waals surface area contributed by atoms with Gasteiger partial charge >= 0.3 is 0 Å². The highest BCUT2D eigenvalue weighted by atomic mass is 15.2. The van der Waals surface area contributed by atoms with Crippen LogP contribution in [0.4, 0.5) is 23.3 Å². The molecule has 5 nitrogen and oxygen atoms in total. The first kappa shape index (κ1) is 16.8. The van der Waals surface area contributed by atoms with Gasteiger partial charge in [0.25, 0.3) is 0 Å². The maximum Gasteiger partial charge on any atom is 0.226 e. The fourth-order valence-corrected chi connectivity index (χ4v) is 2.37. The molecule has 0 bridgehead atoms. The fraction of sp³-hybridized carbons (Fsp3) is 0.200. The van der Waals surface area contributed by atoms with Gasteiger partial charge in [0, 0.05) is 32.4 Å². The van der Waals surface area contributed by atoms with Crippen molar-refractivity contribution in [3.05, 3.63) is 71.8 Å². The first-order chi connectivity index (χ1) is 12.1. The largest absolute Gasteiger partial charge is 0.363 e. The smallest absolute Gasteiger partial charge is 0.226 e. The SMILES string of the molecule is Cc1ccc(Nc2cc(N(C)C)nc(NCc3ccccc3)n2)cc1. The molecule has 0 radical (unpaired) electrons. The van der Waals surface area contributed by atoms with E-state index in [2.05, 4.69) is 51.8 Å². The van der Waals surface area contributed by atoms with Crippen LogP contribution in [0.15, 0.2) is 60.7 Å². The third-order valence-electron chi connectivity index (χ3n) is 3.79. The van der Waals surface area contributed by atoms with Crippen LogP contribution in [-0.4, -0.2) is 24.1 Å². The summed E-state index contributed by atoms with van der Waals surface area (Å²) in [6, 6.07) is 20.4. The second-order valence-electron chi connectivity index (χ2n) is 6.16. The zero-order valence-corrected chi connectivity index (χ0v) is 14.8. The lowest BCUT2D eigenvalue weighted by atomic mass is 10.2. The average Bonchev–Trinajstić information content (AvgIpc) is 2.63. The topological polar surface area (TPSA) is 53.1 Å². The van der Waals surface area contributed by atoms with Crippen LogP contribution in [0.1, 0.15) is 11.1 Å². The molecule has 3 aromatic rings. The summed E-state index contributed by atoms with van der Waals surface area (Å²) in [5.41, 5.74) is 3.42. The van der Waals surface area contributed by atoms with Gasteiger partial charge in [-0.15, -0.1) is 0 Å². The van der Waals surface area contributed by atoms with E-state index in [1.54, 1.807) is 0 Å². The van der Waals surface area contributed by atoms with Gasteiger partial charge in [-0.05, 0) is 24.6 Å². The molecule has 0 aliphatic heterocycles. The Kier molecular flexibility index (Phi) is 5.14. The first-order valence-electron chi connectivity index (χ1n) is 8.28. The van der Waals surface area contributed by atoms with Gasteiger partial charge in [0.2, 0.25) is 5.95 Å². The Balaban J connectivity index is 1.80. The Morgan fingerprint density at radius 3 is 2.32 bits per heavy atom. The third-order valence-corrected chi connectivity index (χ3v) is 3.79. The van der Waals surface area contributed by atoms with E-state index in [1.165, 1.54) is 11.1 Å². The molecule has 3 rings (SSSR count). The number of rotatable bonds is 6. The Hall–Kier alpha value is -3.08. The van der Waals surface area contributed by atoms with Crippen LogP contribution < -0.4 is 15.5 Å². The first-order valence-corrected chi connectivity index (χ1v) is 8.28. The number of hydrogen-bond donors (Lipinski definition) is 2. The van der Waals surface area contributed by atoms with Gasteiger partial charge < -0.3 is 15.5 Å². The van der Waals surface area contributed by atoms with E-state index >= 15 is 0 Å². The molecule has 0 saturated carbocycles. The third kappa shape index (κ3) is 4.70. The predicted octanol–water partition coefficient (Wildman–Crippen LogP) is 4.21. The van der Waals surface area contributed by atoms with Crippen molar-refractivity contribution < 1.29 is 0 Å². The zero-order valence-electron chi connectivity index (χ0n) is 14.8. The quantitative estimate of drug-likeness (QED) is 0.708. The lowest BCUT2D eigenvalue weighted by Gasteiger charge is -2.15. The molecular weight excluding hydrogens is 310 g/mol. The predicted molar refractivity (Wildman–Crippen MR) is 105 cm³/mol. The van der Waals surface area contributed by atoms with E-state index in [9.17, 15) is 0 Å². The van der Waals surface area contributed by atoms with Gasteiger partial charge in [-0.3, -0.25) is 0 Å². The normalized spacial score (nSPS) is 10.4. The molecule has 1 heterocycles. The second-order valence-corrected chi connectivity index (χ2v) is 6.16. The van der Waals surface area contributed by atoms with Crippen LogP contribution in [-0.2, 0) is 6.54 Å². The Morgan fingerprint density at radius 1 is 0.920 bits per heavy atom. The number of benzene rings is 2. The molecule has 0 amide bonds. The Bertz CT molecular complexity index is 813. The van der Waals surface area contributed by atoms with Crippen molar-refractivity contribution in [2.45, 2.75) is 13.5 Å². The second kappa shape index (κ2) is 7.66. The van der Waals surface area contributed by atoms with Gasteiger partial charge in [-0.2, -0.15) is 9.97 Å². The van der Waals surface area contributed by atoms with Crippen LogP contribution in [0.2, 0.25) is 0 Å². The number of nitrogens with one attached hydrogen (secondary N) is 2. The molecule has 25 heavy (non-hydrogen) atoms. The summed E-state index contributed by atoms with van der Waals surface area (Å²) in [7, 11) is 3.94. The van der Waals surface area contributed by atoms with Gasteiger partial charge in [-0.1, -0.05) is 48.0 Å². The number of hydrogen-bond acceptors (Lipinski definition) is 5. The molecule has 2 N–H and O–H groups in total. The van der Waals surface area contributed by atoms with Crippen molar-refractivity contribution in [1.82, 2.24) is 9.97 Å². The number of aromatic nitrogens is 2. The molecule has 0 spiro atoms. The minimum atomic E-state index is 0.602. The van der Waals surface area contributed by atoms with E-state index < -0.39 is 0 Å². The van der Waals surface area contributed by atoms with Crippen LogP contribution in [0, 0.1) is 6.92 Å². The molecule has 5 heteroatoms. The summed E-state index contributed by atoms with van der Waals surface area (Å²) in [5.74, 6) is 2.21. The molecule has 128 valence electrons. The van der Waals surface area contributed by atoms with Gasteiger partial charge in [-0.25, -0.2) is 0 Å². The average molecular weight is 333 g/mol. The monoisotopic (exact) mass is 333 g/mol. The van der Waals surface area contributed by atoms with Crippen LogP contribution >= 0.6 is 0 Å². The lowest BCUT2D eigenvalue weighted by molar-refractivity contribution is 1.01. The van der Waals surface area contributed by atoms with Crippen molar-refractivity contribution >= 4 is 23.3 Å². The summed E-state index contributed by atoms with van der Waals surface area (Å²) in [4.78, 5) is 11.1. The Morgan fingerprint density at radius 2 is 1.64 bits per heavy atom. The molecule has 0 unspecified atom stereocenters. The molecule has 0 aliphatic rings. The van der Waals surface area contributed by atoms with Crippen LogP contribution in [0.5, 0.6) is 0 Å². The highest BCUT2D eigenvalue weighted by Gasteiger charge is 2.07. The molecule has 0 saturated heterocycles. The van der Waals surface area contributed by atoms with Crippen molar-refractivity contribution in [1.29, 1.82) is 0 Å². The van der Waals surface area contributed by atoms with Crippen LogP contribution in [0.3, 0.4) is 0 Å². The van der Waals surface area contributed by atoms with Gasteiger partial charge in [0.05, 0.1) is 0 Å². The molecular formula is C20H23N5. The van der Waals surface area contributed by atoms with Crippen molar-refractivity contribution in [2.24, 2.45) is 0 Å². The summed E-state index contributed by atoms with van der Waals surface area (Å²) in [5, 5.41) is 6.65. The highest BCUT2D eigenvalue weighted by molar-refractivity contribution is 5.61.